The molecule has 0 amide bonds. The summed E-state index contributed by atoms with van der Waals surface area (Å²) in [5.74, 6) is 0. The minimum Gasteiger partial charge on any atom is -0.324 e. The van der Waals surface area contributed by atoms with E-state index in [1.54, 1.807) is 13.8 Å². The molecule has 0 aliphatic heterocycles. The predicted octanol–water partition coefficient (Wildman–Crippen LogP) is 0.260. The molecular weight excluding hydrogens is 282 g/mol. The fourth-order valence-electron chi connectivity index (χ4n) is 1.15. The van der Waals surface area contributed by atoms with Crippen LogP contribution < -0.4 is 0 Å². The molecule has 2 unspecified atom stereocenters. The van der Waals surface area contributed by atoms with Gasteiger partial charge in [0.2, 0.25) is 0 Å². The van der Waals surface area contributed by atoms with E-state index in [1.807, 2.05) is 0 Å². The second kappa shape index (κ2) is 7.28. The third-order valence-corrected chi connectivity index (χ3v) is 3.76. The molecule has 18 heavy (non-hydrogen) atoms. The molecule has 0 saturated carbocycles. The Morgan fingerprint density at radius 3 is 1.39 bits per heavy atom. The van der Waals surface area contributed by atoms with Crippen molar-refractivity contribution in [1.82, 2.24) is 0 Å². The predicted molar refractivity (Wildman–Crippen MR) is 69.7 cm³/mol. The van der Waals surface area contributed by atoms with Crippen LogP contribution >= 0.6 is 15.2 Å². The van der Waals surface area contributed by atoms with Gasteiger partial charge in [-0.05, 0) is 13.8 Å². The lowest BCUT2D eigenvalue weighted by molar-refractivity contribution is 0.367. The van der Waals surface area contributed by atoms with E-state index in [0.717, 1.165) is 0 Å². The highest BCUT2D eigenvalue weighted by Gasteiger charge is 2.17. The summed E-state index contributed by atoms with van der Waals surface area (Å²) in [4.78, 5) is 42.3. The minimum atomic E-state index is -4.08. The van der Waals surface area contributed by atoms with E-state index in [0.29, 0.717) is 0 Å². The summed E-state index contributed by atoms with van der Waals surface area (Å²) in [6.45, 7) is 3.09. The third kappa shape index (κ3) is 12.1. The first kappa shape index (κ1) is 17.6. The molecular formula is C8H18N2O6P2. The zero-order valence-corrected chi connectivity index (χ0v) is 11.9. The van der Waals surface area contributed by atoms with Crippen molar-refractivity contribution in [3.05, 3.63) is 0 Å². The Morgan fingerprint density at radius 2 is 1.17 bits per heavy atom. The van der Waals surface area contributed by atoms with Crippen molar-refractivity contribution in [2.24, 2.45) is 9.98 Å². The van der Waals surface area contributed by atoms with Crippen LogP contribution in [-0.2, 0) is 9.13 Å². The summed E-state index contributed by atoms with van der Waals surface area (Å²) in [5, 5.41) is 0. The van der Waals surface area contributed by atoms with Crippen LogP contribution in [0.4, 0.5) is 0 Å². The largest absolute Gasteiger partial charge is 0.327 e. The van der Waals surface area contributed by atoms with Gasteiger partial charge in [-0.3, -0.25) is 19.1 Å². The molecule has 0 aromatic rings. The van der Waals surface area contributed by atoms with Crippen molar-refractivity contribution >= 4 is 27.6 Å². The molecule has 0 heterocycles. The van der Waals surface area contributed by atoms with E-state index in [2.05, 4.69) is 9.98 Å². The quantitative estimate of drug-likeness (QED) is 0.393. The van der Waals surface area contributed by atoms with Crippen LogP contribution in [0.3, 0.4) is 0 Å². The van der Waals surface area contributed by atoms with Gasteiger partial charge in [0, 0.05) is 12.4 Å². The van der Waals surface area contributed by atoms with E-state index in [9.17, 15) is 9.13 Å². The number of nitrogens with zero attached hydrogens (tertiary/aromatic N) is 2. The number of aliphatic imine (C=N–C) groups is 2. The maximum absolute atomic E-state index is 10.6. The van der Waals surface area contributed by atoms with Crippen molar-refractivity contribution in [1.29, 1.82) is 0 Å². The lowest BCUT2D eigenvalue weighted by Gasteiger charge is -2.07. The first-order valence-corrected chi connectivity index (χ1v) is 8.73. The second-order valence-corrected chi connectivity index (χ2v) is 7.38. The number of rotatable bonds is 7. The Labute approximate surface area is 105 Å². The van der Waals surface area contributed by atoms with Gasteiger partial charge in [0.1, 0.15) is 0 Å². The van der Waals surface area contributed by atoms with Crippen LogP contribution in [0, 0.1) is 0 Å². The summed E-state index contributed by atoms with van der Waals surface area (Å²) >= 11 is 0. The van der Waals surface area contributed by atoms with Crippen molar-refractivity contribution in [2.75, 3.05) is 12.3 Å². The fourth-order valence-corrected chi connectivity index (χ4v) is 2.72. The van der Waals surface area contributed by atoms with Gasteiger partial charge in [0.25, 0.3) is 0 Å². The SMILES string of the molecule is CC(CP(=O)(O)O)N=CC=NC(C)CP(=O)(O)O. The highest BCUT2D eigenvalue weighted by molar-refractivity contribution is 7.52. The van der Waals surface area contributed by atoms with Gasteiger partial charge in [-0.1, -0.05) is 0 Å². The smallest absolute Gasteiger partial charge is 0.324 e. The van der Waals surface area contributed by atoms with Crippen LogP contribution in [0.2, 0.25) is 0 Å². The maximum Gasteiger partial charge on any atom is 0.327 e. The average molecular weight is 300 g/mol. The molecule has 10 heteroatoms. The highest BCUT2D eigenvalue weighted by atomic mass is 31.2. The molecule has 0 radical (unpaired) electrons. The molecule has 0 aromatic carbocycles. The monoisotopic (exact) mass is 300 g/mol. The van der Waals surface area contributed by atoms with Gasteiger partial charge in [-0.15, -0.1) is 0 Å². The Morgan fingerprint density at radius 1 is 0.889 bits per heavy atom. The summed E-state index contributed by atoms with van der Waals surface area (Å²) in [6.07, 6.45) is 1.82. The van der Waals surface area contributed by atoms with Crippen molar-refractivity contribution in [2.45, 2.75) is 25.9 Å². The fraction of sp³-hybridized carbons (Fsp3) is 0.750. The van der Waals surface area contributed by atoms with Crippen LogP contribution in [0.5, 0.6) is 0 Å². The average Bonchev–Trinajstić information content (AvgIpc) is 2.06. The van der Waals surface area contributed by atoms with Crippen molar-refractivity contribution in [3.63, 3.8) is 0 Å². The molecule has 0 fully saturated rings. The van der Waals surface area contributed by atoms with Crippen LogP contribution in [-0.4, -0.2) is 56.4 Å². The third-order valence-electron chi connectivity index (χ3n) is 1.75. The maximum atomic E-state index is 10.6. The van der Waals surface area contributed by atoms with Crippen LogP contribution in [0.15, 0.2) is 9.98 Å². The molecule has 0 saturated heterocycles. The zero-order valence-electron chi connectivity index (χ0n) is 10.1. The molecule has 0 rings (SSSR count). The molecule has 2 atom stereocenters. The van der Waals surface area contributed by atoms with E-state index in [1.165, 1.54) is 12.4 Å². The van der Waals surface area contributed by atoms with Gasteiger partial charge in [0.15, 0.2) is 0 Å². The number of hydrogen-bond donors (Lipinski definition) is 4. The summed E-state index contributed by atoms with van der Waals surface area (Å²) in [7, 11) is -8.16. The molecule has 0 aromatic heterocycles. The normalized spacial score (nSPS) is 17.4. The first-order chi connectivity index (χ1) is 7.99. The molecule has 0 spiro atoms. The van der Waals surface area contributed by atoms with E-state index >= 15 is 0 Å². The second-order valence-electron chi connectivity index (χ2n) is 3.99. The highest BCUT2D eigenvalue weighted by Crippen LogP contribution is 2.36. The Kier molecular flexibility index (Phi) is 7.14. The lowest BCUT2D eigenvalue weighted by Crippen LogP contribution is -2.08. The lowest BCUT2D eigenvalue weighted by atomic mass is 10.4. The Balaban J connectivity index is 4.16. The molecule has 0 aliphatic rings. The number of hydrogen-bond acceptors (Lipinski definition) is 4. The van der Waals surface area contributed by atoms with Crippen LogP contribution in [0.25, 0.3) is 0 Å². The van der Waals surface area contributed by atoms with E-state index in [-0.39, 0.29) is 12.3 Å². The van der Waals surface area contributed by atoms with Gasteiger partial charge >= 0.3 is 15.2 Å². The van der Waals surface area contributed by atoms with E-state index < -0.39 is 27.3 Å². The minimum absolute atomic E-state index is 0.352. The van der Waals surface area contributed by atoms with Gasteiger partial charge in [-0.2, -0.15) is 0 Å². The first-order valence-electron chi connectivity index (χ1n) is 5.13. The molecule has 4 N–H and O–H groups in total. The standard InChI is InChI=1S/C8H18N2O6P2/c1-7(5-17(11,12)13)9-3-4-10-8(2)6-18(14,15)16/h3-4,7-8H,5-6H2,1-2H3,(H2,11,12,13)(H2,14,15,16). The van der Waals surface area contributed by atoms with Gasteiger partial charge in [-0.25, -0.2) is 0 Å². The molecule has 106 valence electrons. The van der Waals surface area contributed by atoms with E-state index in [4.69, 9.17) is 19.6 Å². The van der Waals surface area contributed by atoms with Crippen molar-refractivity contribution < 1.29 is 28.7 Å². The summed E-state index contributed by atoms with van der Waals surface area (Å²) in [5.41, 5.74) is 0. The zero-order chi connectivity index (χ0) is 14.4. The van der Waals surface area contributed by atoms with Crippen molar-refractivity contribution in [3.8, 4) is 0 Å². The molecule has 0 aliphatic carbocycles. The Hall–Kier alpha value is -0.360. The summed E-state index contributed by atoms with van der Waals surface area (Å²) in [6, 6.07) is -1.09. The van der Waals surface area contributed by atoms with Gasteiger partial charge < -0.3 is 19.6 Å². The topological polar surface area (TPSA) is 140 Å². The van der Waals surface area contributed by atoms with Gasteiger partial charge in [0.05, 0.1) is 24.4 Å². The molecule has 0 bridgehead atoms. The Bertz CT molecular complexity index is 360. The van der Waals surface area contributed by atoms with Crippen LogP contribution in [0.1, 0.15) is 13.8 Å². The molecule has 8 nitrogen and oxygen atoms in total. The summed E-state index contributed by atoms with van der Waals surface area (Å²) < 4.78 is 21.3.